The Hall–Kier alpha value is -2.14. The van der Waals surface area contributed by atoms with Crippen molar-refractivity contribution < 1.29 is 13.2 Å². The van der Waals surface area contributed by atoms with Crippen molar-refractivity contribution in [2.75, 3.05) is 13.1 Å². The van der Waals surface area contributed by atoms with Crippen LogP contribution in [0.2, 0.25) is 0 Å². The van der Waals surface area contributed by atoms with Gasteiger partial charge in [0.2, 0.25) is 0 Å². The van der Waals surface area contributed by atoms with Gasteiger partial charge >= 0.3 is 0 Å². The molecule has 5 heteroatoms. The SMILES string of the molecule is CC1CC(C)CN(C(=O)c2cccc(CS(=O)(=O)c3ccccc3)c2)C1. The topological polar surface area (TPSA) is 54.5 Å². The number of carbonyl (C=O) groups excluding carboxylic acids is 1. The Morgan fingerprint density at radius 3 is 2.31 bits per heavy atom. The van der Waals surface area contributed by atoms with Crippen molar-refractivity contribution in [1.29, 1.82) is 0 Å². The summed E-state index contributed by atoms with van der Waals surface area (Å²) in [6.45, 7) is 5.85. The van der Waals surface area contributed by atoms with Gasteiger partial charge in [0.1, 0.15) is 0 Å². The molecule has 1 heterocycles. The lowest BCUT2D eigenvalue weighted by atomic mass is 9.91. The lowest BCUT2D eigenvalue weighted by Crippen LogP contribution is -2.42. The van der Waals surface area contributed by atoms with Gasteiger partial charge in [-0.25, -0.2) is 8.42 Å². The average molecular weight is 372 g/mol. The van der Waals surface area contributed by atoms with Crippen molar-refractivity contribution in [2.24, 2.45) is 11.8 Å². The number of amides is 1. The first-order valence-corrected chi connectivity index (χ1v) is 10.7. The molecule has 3 rings (SSSR count). The van der Waals surface area contributed by atoms with Gasteiger partial charge in [-0.2, -0.15) is 0 Å². The molecule has 0 aromatic heterocycles. The monoisotopic (exact) mass is 371 g/mol. The first kappa shape index (κ1) is 18.6. The molecule has 1 saturated heterocycles. The van der Waals surface area contributed by atoms with E-state index in [0.29, 0.717) is 27.9 Å². The van der Waals surface area contributed by atoms with Gasteiger partial charge < -0.3 is 4.90 Å². The Bertz CT molecular complexity index is 867. The molecule has 138 valence electrons. The molecule has 0 aliphatic carbocycles. The summed E-state index contributed by atoms with van der Waals surface area (Å²) in [5, 5.41) is 0. The molecular weight excluding hydrogens is 346 g/mol. The molecule has 0 bridgehead atoms. The summed E-state index contributed by atoms with van der Waals surface area (Å²) in [7, 11) is -3.42. The molecule has 2 aromatic carbocycles. The van der Waals surface area contributed by atoms with Gasteiger partial charge in [-0.15, -0.1) is 0 Å². The van der Waals surface area contributed by atoms with E-state index in [2.05, 4.69) is 13.8 Å². The van der Waals surface area contributed by atoms with E-state index in [-0.39, 0.29) is 11.7 Å². The predicted molar refractivity (Wildman–Crippen MR) is 103 cm³/mol. The van der Waals surface area contributed by atoms with Crippen LogP contribution in [-0.2, 0) is 15.6 Å². The van der Waals surface area contributed by atoms with Crippen LogP contribution in [0.1, 0.15) is 36.2 Å². The maximum atomic E-state index is 12.9. The maximum Gasteiger partial charge on any atom is 0.253 e. The third-order valence-electron chi connectivity index (χ3n) is 4.79. The zero-order valence-electron chi connectivity index (χ0n) is 15.3. The highest BCUT2D eigenvalue weighted by Crippen LogP contribution is 2.23. The fraction of sp³-hybridized carbons (Fsp3) is 0.381. The molecule has 0 saturated carbocycles. The second kappa shape index (κ2) is 7.62. The molecular formula is C21H25NO3S. The molecule has 1 aliphatic heterocycles. The molecule has 26 heavy (non-hydrogen) atoms. The van der Waals surface area contributed by atoms with Crippen LogP contribution >= 0.6 is 0 Å². The van der Waals surface area contributed by atoms with E-state index < -0.39 is 9.84 Å². The number of likely N-dealkylation sites (tertiary alicyclic amines) is 1. The Balaban J connectivity index is 1.79. The fourth-order valence-electron chi connectivity index (χ4n) is 3.74. The van der Waals surface area contributed by atoms with Gasteiger partial charge in [0.15, 0.2) is 9.84 Å². The van der Waals surface area contributed by atoms with Crippen LogP contribution < -0.4 is 0 Å². The van der Waals surface area contributed by atoms with E-state index in [1.54, 1.807) is 54.6 Å². The maximum absolute atomic E-state index is 12.9. The van der Waals surface area contributed by atoms with E-state index in [4.69, 9.17) is 0 Å². The molecule has 2 atom stereocenters. The predicted octanol–water partition coefficient (Wildman–Crippen LogP) is 3.78. The highest BCUT2D eigenvalue weighted by Gasteiger charge is 2.26. The minimum atomic E-state index is -3.42. The van der Waals surface area contributed by atoms with Gasteiger partial charge in [0.05, 0.1) is 10.6 Å². The number of piperidine rings is 1. The smallest absolute Gasteiger partial charge is 0.253 e. The first-order chi connectivity index (χ1) is 12.3. The summed E-state index contributed by atoms with van der Waals surface area (Å²) in [5.74, 6) is 0.862. The van der Waals surface area contributed by atoms with Gasteiger partial charge in [-0.05, 0) is 48.1 Å². The molecule has 0 N–H and O–H groups in total. The van der Waals surface area contributed by atoms with E-state index >= 15 is 0 Å². The highest BCUT2D eigenvalue weighted by molar-refractivity contribution is 7.90. The molecule has 0 spiro atoms. The van der Waals surface area contributed by atoms with Crippen molar-refractivity contribution in [2.45, 2.75) is 30.9 Å². The van der Waals surface area contributed by atoms with Crippen LogP contribution in [-0.4, -0.2) is 32.3 Å². The Morgan fingerprint density at radius 2 is 1.65 bits per heavy atom. The number of nitrogens with zero attached hydrogens (tertiary/aromatic N) is 1. The van der Waals surface area contributed by atoms with Gasteiger partial charge in [0.25, 0.3) is 5.91 Å². The summed E-state index contributed by atoms with van der Waals surface area (Å²) in [6, 6.07) is 15.4. The van der Waals surface area contributed by atoms with E-state index in [9.17, 15) is 13.2 Å². The highest BCUT2D eigenvalue weighted by atomic mass is 32.2. The summed E-state index contributed by atoms with van der Waals surface area (Å²) in [5.41, 5.74) is 1.20. The van der Waals surface area contributed by atoms with Crippen LogP contribution in [0.15, 0.2) is 59.5 Å². The third-order valence-corrected chi connectivity index (χ3v) is 6.49. The van der Waals surface area contributed by atoms with Crippen molar-refractivity contribution in [3.05, 3.63) is 65.7 Å². The lowest BCUT2D eigenvalue weighted by molar-refractivity contribution is 0.0623. The summed E-state index contributed by atoms with van der Waals surface area (Å²) in [6.07, 6.45) is 1.14. The fourth-order valence-corrected chi connectivity index (χ4v) is 5.09. The number of hydrogen-bond donors (Lipinski definition) is 0. The minimum Gasteiger partial charge on any atom is -0.338 e. The summed E-state index contributed by atoms with van der Waals surface area (Å²) in [4.78, 5) is 15.0. The van der Waals surface area contributed by atoms with Crippen molar-refractivity contribution >= 4 is 15.7 Å². The van der Waals surface area contributed by atoms with Crippen LogP contribution in [0.25, 0.3) is 0 Å². The van der Waals surface area contributed by atoms with E-state index in [1.807, 2.05) is 4.90 Å². The second-order valence-corrected chi connectivity index (χ2v) is 9.42. The molecule has 1 amide bonds. The summed E-state index contributed by atoms with van der Waals surface area (Å²) >= 11 is 0. The van der Waals surface area contributed by atoms with E-state index in [1.165, 1.54) is 0 Å². The molecule has 4 nitrogen and oxygen atoms in total. The number of sulfone groups is 1. The zero-order valence-corrected chi connectivity index (χ0v) is 16.1. The number of benzene rings is 2. The average Bonchev–Trinajstić information content (AvgIpc) is 2.61. The Labute approximate surface area is 155 Å². The Morgan fingerprint density at radius 1 is 1.00 bits per heavy atom. The number of carbonyl (C=O) groups is 1. The summed E-state index contributed by atoms with van der Waals surface area (Å²) < 4.78 is 25.2. The third kappa shape index (κ3) is 4.33. The van der Waals surface area contributed by atoms with Crippen LogP contribution in [0.4, 0.5) is 0 Å². The quantitative estimate of drug-likeness (QED) is 0.822. The van der Waals surface area contributed by atoms with Crippen LogP contribution in [0.5, 0.6) is 0 Å². The normalized spacial score (nSPS) is 20.8. The molecule has 1 fully saturated rings. The van der Waals surface area contributed by atoms with Crippen molar-refractivity contribution in [3.8, 4) is 0 Å². The van der Waals surface area contributed by atoms with Crippen LogP contribution in [0.3, 0.4) is 0 Å². The molecule has 2 unspecified atom stereocenters. The largest absolute Gasteiger partial charge is 0.338 e. The lowest BCUT2D eigenvalue weighted by Gasteiger charge is -2.35. The molecule has 1 aliphatic rings. The second-order valence-electron chi connectivity index (χ2n) is 7.43. The van der Waals surface area contributed by atoms with Gasteiger partial charge in [0, 0.05) is 18.7 Å². The number of hydrogen-bond acceptors (Lipinski definition) is 3. The van der Waals surface area contributed by atoms with Crippen LogP contribution in [0, 0.1) is 11.8 Å². The molecule has 0 radical (unpaired) electrons. The first-order valence-electron chi connectivity index (χ1n) is 9.01. The van der Waals surface area contributed by atoms with Crippen molar-refractivity contribution in [3.63, 3.8) is 0 Å². The standard InChI is InChI=1S/C21H25NO3S/c1-16-11-17(2)14-22(13-16)21(23)19-8-6-7-18(12-19)15-26(24,25)20-9-4-3-5-10-20/h3-10,12,16-17H,11,13-15H2,1-2H3. The van der Waals surface area contributed by atoms with Gasteiger partial charge in [-0.1, -0.05) is 44.2 Å². The Kier molecular flexibility index (Phi) is 5.47. The number of rotatable bonds is 4. The van der Waals surface area contributed by atoms with E-state index in [0.717, 1.165) is 19.5 Å². The zero-order chi connectivity index (χ0) is 18.7. The van der Waals surface area contributed by atoms with Crippen molar-refractivity contribution in [1.82, 2.24) is 4.90 Å². The minimum absolute atomic E-state index is 0.0117. The van der Waals surface area contributed by atoms with Gasteiger partial charge in [-0.3, -0.25) is 4.79 Å². The molecule has 2 aromatic rings.